The fourth-order valence-electron chi connectivity index (χ4n) is 1.42. The normalized spacial score (nSPS) is 13.9. The van der Waals surface area contributed by atoms with Crippen LogP contribution in [0.5, 0.6) is 0 Å². The number of carbonyl (C=O) groups is 1. The number of hydrogen-bond donors (Lipinski definition) is 1. The Morgan fingerprint density at radius 2 is 2.00 bits per heavy atom. The summed E-state index contributed by atoms with van der Waals surface area (Å²) in [5, 5.41) is 9.56. The topological polar surface area (TPSA) is 46.5 Å². The van der Waals surface area contributed by atoms with E-state index in [1.807, 2.05) is 30.3 Å². The highest BCUT2D eigenvalue weighted by molar-refractivity contribution is 5.83. The van der Waals surface area contributed by atoms with E-state index in [0.717, 1.165) is 5.56 Å². The first-order valence-electron chi connectivity index (χ1n) is 6.02. The summed E-state index contributed by atoms with van der Waals surface area (Å²) in [6, 6.07) is 9.67. The van der Waals surface area contributed by atoms with Crippen LogP contribution < -0.4 is 0 Å². The molecule has 0 heterocycles. The number of aliphatic hydroxyl groups is 1. The second kappa shape index (κ2) is 7.09. The van der Waals surface area contributed by atoms with Crippen molar-refractivity contribution in [2.24, 2.45) is 0 Å². The molecule has 0 aromatic heterocycles. The molecule has 0 spiro atoms. The largest absolute Gasteiger partial charge is 0.388 e. The fourth-order valence-corrected chi connectivity index (χ4v) is 1.42. The maximum absolute atomic E-state index is 11.8. The number of carbonyl (C=O) groups excluding carboxylic acids is 1. The number of benzene rings is 1. The minimum Gasteiger partial charge on any atom is -0.388 e. The molecule has 3 heteroatoms. The quantitative estimate of drug-likeness (QED) is 0.754. The standard InChI is InChI=1S/C15H20O3/c1-11(2)14(16)9-15(17)12(3)18-10-13-7-5-4-6-8-13/h4-8,12,14,16H,1,9-10H2,2-3H3/t12-,14-/m0/s1. The second-order valence-corrected chi connectivity index (χ2v) is 4.47. The molecule has 1 N–H and O–H groups in total. The van der Waals surface area contributed by atoms with Crippen LogP contribution >= 0.6 is 0 Å². The molecule has 18 heavy (non-hydrogen) atoms. The van der Waals surface area contributed by atoms with Gasteiger partial charge < -0.3 is 9.84 Å². The number of hydrogen-bond acceptors (Lipinski definition) is 3. The highest BCUT2D eigenvalue weighted by Crippen LogP contribution is 2.09. The van der Waals surface area contributed by atoms with Gasteiger partial charge in [0.2, 0.25) is 0 Å². The van der Waals surface area contributed by atoms with Crippen LogP contribution in [0.2, 0.25) is 0 Å². The van der Waals surface area contributed by atoms with Crippen LogP contribution in [0.3, 0.4) is 0 Å². The number of ether oxygens (including phenoxy) is 1. The van der Waals surface area contributed by atoms with E-state index in [2.05, 4.69) is 6.58 Å². The maximum atomic E-state index is 11.8. The van der Waals surface area contributed by atoms with Gasteiger partial charge in [-0.15, -0.1) is 0 Å². The minimum absolute atomic E-state index is 0.0608. The van der Waals surface area contributed by atoms with Crippen molar-refractivity contribution in [2.45, 2.75) is 39.1 Å². The van der Waals surface area contributed by atoms with E-state index in [-0.39, 0.29) is 12.2 Å². The molecule has 1 aromatic rings. The van der Waals surface area contributed by atoms with Crippen LogP contribution in [0.1, 0.15) is 25.8 Å². The Kier molecular flexibility index (Phi) is 5.75. The van der Waals surface area contributed by atoms with E-state index in [9.17, 15) is 9.90 Å². The Labute approximate surface area is 108 Å². The molecule has 1 aromatic carbocycles. The molecule has 0 bridgehead atoms. The van der Waals surface area contributed by atoms with Crippen LogP contribution in [0.25, 0.3) is 0 Å². The monoisotopic (exact) mass is 248 g/mol. The average molecular weight is 248 g/mol. The highest BCUT2D eigenvalue weighted by atomic mass is 16.5. The lowest BCUT2D eigenvalue weighted by Crippen LogP contribution is -2.25. The molecule has 0 aliphatic carbocycles. The summed E-state index contributed by atoms with van der Waals surface area (Å²) in [6.45, 7) is 7.42. The van der Waals surface area contributed by atoms with Gasteiger partial charge in [-0.3, -0.25) is 4.79 Å². The van der Waals surface area contributed by atoms with Crippen molar-refractivity contribution in [2.75, 3.05) is 0 Å². The number of ketones is 1. The summed E-state index contributed by atoms with van der Waals surface area (Å²) in [5.41, 5.74) is 1.62. The van der Waals surface area contributed by atoms with Crippen molar-refractivity contribution in [1.82, 2.24) is 0 Å². The Morgan fingerprint density at radius 3 is 2.56 bits per heavy atom. The number of Topliss-reactive ketones (excluding diaryl/α,β-unsaturated/α-hetero) is 1. The summed E-state index contributed by atoms with van der Waals surface area (Å²) in [6.07, 6.45) is -1.23. The van der Waals surface area contributed by atoms with Crippen LogP contribution in [0.15, 0.2) is 42.5 Å². The Balaban J connectivity index is 2.39. The third kappa shape index (κ3) is 4.82. The van der Waals surface area contributed by atoms with Gasteiger partial charge in [0.05, 0.1) is 12.7 Å². The zero-order valence-corrected chi connectivity index (χ0v) is 10.9. The van der Waals surface area contributed by atoms with Crippen molar-refractivity contribution < 1.29 is 14.6 Å². The number of aliphatic hydroxyl groups excluding tert-OH is 1. The van der Waals surface area contributed by atoms with E-state index in [0.29, 0.717) is 12.2 Å². The van der Waals surface area contributed by atoms with Crippen molar-refractivity contribution in [3.8, 4) is 0 Å². The maximum Gasteiger partial charge on any atom is 0.164 e. The van der Waals surface area contributed by atoms with E-state index in [1.54, 1.807) is 13.8 Å². The van der Waals surface area contributed by atoms with Crippen LogP contribution in [0.4, 0.5) is 0 Å². The Bertz CT molecular complexity index is 397. The lowest BCUT2D eigenvalue weighted by molar-refractivity contribution is -0.131. The lowest BCUT2D eigenvalue weighted by Gasteiger charge is -2.15. The molecule has 0 amide bonds. The van der Waals surface area contributed by atoms with Gasteiger partial charge in [0.15, 0.2) is 5.78 Å². The summed E-state index contributed by atoms with van der Waals surface area (Å²) in [5.74, 6) is -0.110. The molecule has 98 valence electrons. The van der Waals surface area contributed by atoms with E-state index >= 15 is 0 Å². The molecular weight excluding hydrogens is 228 g/mol. The predicted molar refractivity (Wildman–Crippen MR) is 71.1 cm³/mol. The SMILES string of the molecule is C=C(C)[C@@H](O)CC(=O)[C@H](C)OCc1ccccc1. The fraction of sp³-hybridized carbons (Fsp3) is 0.400. The summed E-state index contributed by atoms with van der Waals surface area (Å²) >= 11 is 0. The van der Waals surface area contributed by atoms with E-state index in [4.69, 9.17) is 4.74 Å². The molecule has 0 aliphatic rings. The average Bonchev–Trinajstić information content (AvgIpc) is 2.36. The van der Waals surface area contributed by atoms with Crippen LogP contribution in [-0.4, -0.2) is 23.1 Å². The third-order valence-electron chi connectivity index (χ3n) is 2.76. The first-order chi connectivity index (χ1) is 8.50. The predicted octanol–water partition coefficient (Wildman–Crippen LogP) is 2.49. The smallest absolute Gasteiger partial charge is 0.164 e. The zero-order valence-electron chi connectivity index (χ0n) is 10.9. The van der Waals surface area contributed by atoms with Gasteiger partial charge in [-0.2, -0.15) is 0 Å². The molecule has 0 saturated carbocycles. The van der Waals surface area contributed by atoms with Gasteiger partial charge in [0.25, 0.3) is 0 Å². The summed E-state index contributed by atoms with van der Waals surface area (Å²) < 4.78 is 5.48. The summed E-state index contributed by atoms with van der Waals surface area (Å²) in [7, 11) is 0. The second-order valence-electron chi connectivity index (χ2n) is 4.47. The minimum atomic E-state index is -0.778. The number of rotatable bonds is 7. The van der Waals surface area contributed by atoms with Crippen molar-refractivity contribution in [1.29, 1.82) is 0 Å². The lowest BCUT2D eigenvalue weighted by atomic mass is 10.0. The molecule has 2 atom stereocenters. The van der Waals surface area contributed by atoms with E-state index < -0.39 is 12.2 Å². The first kappa shape index (κ1) is 14.6. The Morgan fingerprint density at radius 1 is 1.39 bits per heavy atom. The summed E-state index contributed by atoms with van der Waals surface area (Å²) in [4.78, 5) is 11.8. The van der Waals surface area contributed by atoms with Gasteiger partial charge in [-0.1, -0.05) is 42.5 Å². The molecular formula is C15H20O3. The van der Waals surface area contributed by atoms with Crippen molar-refractivity contribution in [3.05, 3.63) is 48.0 Å². The molecule has 0 saturated heterocycles. The Hall–Kier alpha value is -1.45. The zero-order chi connectivity index (χ0) is 13.5. The molecule has 3 nitrogen and oxygen atoms in total. The van der Waals surface area contributed by atoms with Gasteiger partial charge in [0, 0.05) is 6.42 Å². The van der Waals surface area contributed by atoms with Crippen LogP contribution in [-0.2, 0) is 16.1 Å². The van der Waals surface area contributed by atoms with Crippen molar-refractivity contribution in [3.63, 3.8) is 0 Å². The van der Waals surface area contributed by atoms with Gasteiger partial charge in [-0.05, 0) is 19.4 Å². The molecule has 1 rings (SSSR count). The molecule has 0 fully saturated rings. The van der Waals surface area contributed by atoms with Gasteiger partial charge >= 0.3 is 0 Å². The van der Waals surface area contributed by atoms with Crippen LogP contribution in [0, 0.1) is 0 Å². The van der Waals surface area contributed by atoms with Gasteiger partial charge in [-0.25, -0.2) is 0 Å². The first-order valence-corrected chi connectivity index (χ1v) is 6.02. The van der Waals surface area contributed by atoms with E-state index in [1.165, 1.54) is 0 Å². The molecule has 0 unspecified atom stereocenters. The van der Waals surface area contributed by atoms with Gasteiger partial charge in [0.1, 0.15) is 6.10 Å². The highest BCUT2D eigenvalue weighted by Gasteiger charge is 2.18. The molecule has 0 aliphatic heterocycles. The molecule has 0 radical (unpaired) electrons. The van der Waals surface area contributed by atoms with Crippen molar-refractivity contribution >= 4 is 5.78 Å². The third-order valence-corrected chi connectivity index (χ3v) is 2.76.